The number of aliphatic hydroxyl groups is 1. The molecule has 0 aliphatic rings. The summed E-state index contributed by atoms with van der Waals surface area (Å²) in [5, 5.41) is 10.9. The van der Waals surface area contributed by atoms with Crippen LogP contribution in [-0.2, 0) is 15.1 Å². The first kappa shape index (κ1) is 14.3. The molecule has 17 heavy (non-hydrogen) atoms. The molecule has 0 aliphatic carbocycles. The van der Waals surface area contributed by atoms with Crippen LogP contribution in [-0.4, -0.2) is 32.7 Å². The summed E-state index contributed by atoms with van der Waals surface area (Å²) in [4.78, 5) is 0. The summed E-state index contributed by atoms with van der Waals surface area (Å²) in [7, 11) is 4.45. The molecule has 1 aromatic carbocycles. The topological polar surface area (TPSA) is 47.9 Å². The van der Waals surface area contributed by atoms with Gasteiger partial charge in [0.05, 0.1) is 12.1 Å². The molecule has 1 rings (SSSR count). The van der Waals surface area contributed by atoms with Crippen LogP contribution in [0.4, 0.5) is 0 Å². The van der Waals surface area contributed by atoms with E-state index in [2.05, 4.69) is 0 Å². The lowest BCUT2D eigenvalue weighted by atomic mass is 9.95. The Balaban J connectivity index is 3.14. The standard InChI is InChI=1S/C12H17ClO4/c1-12(14,11(16-3)17-4)8-5-6-9(13)10(7-8)15-2/h5-7,11,14H,1-4H3. The summed E-state index contributed by atoms with van der Waals surface area (Å²) in [5.74, 6) is 0.496. The van der Waals surface area contributed by atoms with Crippen molar-refractivity contribution in [3.63, 3.8) is 0 Å². The highest BCUT2D eigenvalue weighted by atomic mass is 35.5. The van der Waals surface area contributed by atoms with Gasteiger partial charge in [-0.1, -0.05) is 17.7 Å². The van der Waals surface area contributed by atoms with E-state index in [9.17, 15) is 5.11 Å². The molecule has 0 saturated carbocycles. The Morgan fingerprint density at radius 2 is 1.82 bits per heavy atom. The van der Waals surface area contributed by atoms with Gasteiger partial charge in [0.15, 0.2) is 6.29 Å². The van der Waals surface area contributed by atoms with Gasteiger partial charge in [-0.15, -0.1) is 0 Å². The molecule has 0 amide bonds. The molecule has 0 aromatic heterocycles. The number of ether oxygens (including phenoxy) is 3. The molecular formula is C12H17ClO4. The van der Waals surface area contributed by atoms with Gasteiger partial charge < -0.3 is 19.3 Å². The molecule has 0 radical (unpaired) electrons. The summed E-state index contributed by atoms with van der Waals surface area (Å²) in [6, 6.07) is 5.02. The zero-order valence-electron chi connectivity index (χ0n) is 10.4. The molecule has 0 heterocycles. The van der Waals surface area contributed by atoms with Crippen molar-refractivity contribution in [3.05, 3.63) is 28.8 Å². The summed E-state index contributed by atoms with van der Waals surface area (Å²) in [6.45, 7) is 1.60. The van der Waals surface area contributed by atoms with Gasteiger partial charge in [-0.2, -0.15) is 0 Å². The van der Waals surface area contributed by atoms with Crippen LogP contribution in [0.1, 0.15) is 12.5 Å². The van der Waals surface area contributed by atoms with Crippen LogP contribution in [0.25, 0.3) is 0 Å². The zero-order chi connectivity index (χ0) is 13.1. The van der Waals surface area contributed by atoms with Crippen LogP contribution in [0.15, 0.2) is 18.2 Å². The van der Waals surface area contributed by atoms with Crippen LogP contribution in [0, 0.1) is 0 Å². The third-order valence-corrected chi connectivity index (χ3v) is 2.93. The van der Waals surface area contributed by atoms with Gasteiger partial charge in [0.25, 0.3) is 0 Å². The molecule has 0 fully saturated rings. The highest BCUT2D eigenvalue weighted by Crippen LogP contribution is 2.33. The fraction of sp³-hybridized carbons (Fsp3) is 0.500. The molecule has 1 atom stereocenters. The van der Waals surface area contributed by atoms with E-state index < -0.39 is 11.9 Å². The van der Waals surface area contributed by atoms with Crippen LogP contribution >= 0.6 is 11.6 Å². The van der Waals surface area contributed by atoms with Crippen molar-refractivity contribution >= 4 is 11.6 Å². The predicted molar refractivity (Wildman–Crippen MR) is 65.4 cm³/mol. The van der Waals surface area contributed by atoms with Crippen molar-refractivity contribution in [3.8, 4) is 5.75 Å². The van der Waals surface area contributed by atoms with Crippen molar-refractivity contribution in [1.29, 1.82) is 0 Å². The lowest BCUT2D eigenvalue weighted by Crippen LogP contribution is -2.39. The zero-order valence-corrected chi connectivity index (χ0v) is 11.1. The van der Waals surface area contributed by atoms with E-state index >= 15 is 0 Å². The number of rotatable bonds is 5. The minimum atomic E-state index is -1.29. The van der Waals surface area contributed by atoms with E-state index in [-0.39, 0.29) is 0 Å². The third-order valence-electron chi connectivity index (χ3n) is 2.62. The molecule has 0 spiro atoms. The van der Waals surface area contributed by atoms with Gasteiger partial charge in [-0.3, -0.25) is 0 Å². The van der Waals surface area contributed by atoms with Crippen LogP contribution < -0.4 is 4.74 Å². The smallest absolute Gasteiger partial charge is 0.189 e. The largest absolute Gasteiger partial charge is 0.495 e. The molecule has 4 nitrogen and oxygen atoms in total. The maximum absolute atomic E-state index is 10.4. The Bertz CT molecular complexity index is 375. The first-order chi connectivity index (χ1) is 7.97. The Hall–Kier alpha value is -0.810. The lowest BCUT2D eigenvalue weighted by molar-refractivity contribution is -0.213. The van der Waals surface area contributed by atoms with E-state index in [1.165, 1.54) is 21.3 Å². The summed E-state index contributed by atoms with van der Waals surface area (Å²) in [5.41, 5.74) is -0.686. The quantitative estimate of drug-likeness (QED) is 0.825. The monoisotopic (exact) mass is 260 g/mol. The fourth-order valence-corrected chi connectivity index (χ4v) is 1.86. The number of benzene rings is 1. The second-order valence-electron chi connectivity index (χ2n) is 3.80. The Kier molecular flexibility index (Phi) is 4.77. The molecule has 1 unspecified atom stereocenters. The normalized spacial score (nSPS) is 14.8. The Morgan fingerprint density at radius 1 is 1.24 bits per heavy atom. The van der Waals surface area contributed by atoms with Crippen molar-refractivity contribution in [1.82, 2.24) is 0 Å². The van der Waals surface area contributed by atoms with E-state index in [0.717, 1.165) is 0 Å². The molecule has 0 saturated heterocycles. The maximum Gasteiger partial charge on any atom is 0.189 e. The predicted octanol–water partition coefficient (Wildman–Crippen LogP) is 2.17. The molecule has 96 valence electrons. The van der Waals surface area contributed by atoms with Crippen LogP contribution in [0.2, 0.25) is 5.02 Å². The average Bonchev–Trinajstić information content (AvgIpc) is 2.30. The first-order valence-corrected chi connectivity index (χ1v) is 5.47. The summed E-state index contributed by atoms with van der Waals surface area (Å²) in [6.07, 6.45) is -0.770. The van der Waals surface area contributed by atoms with Gasteiger partial charge >= 0.3 is 0 Å². The number of hydrogen-bond acceptors (Lipinski definition) is 4. The molecule has 1 N–H and O–H groups in total. The van der Waals surface area contributed by atoms with Gasteiger partial charge in [-0.05, 0) is 24.6 Å². The Morgan fingerprint density at radius 3 is 2.29 bits per heavy atom. The average molecular weight is 261 g/mol. The number of halogens is 1. The summed E-state index contributed by atoms with van der Waals surface area (Å²) >= 11 is 5.92. The van der Waals surface area contributed by atoms with Gasteiger partial charge in [0.1, 0.15) is 11.4 Å². The van der Waals surface area contributed by atoms with Crippen LogP contribution in [0.5, 0.6) is 5.75 Å². The second-order valence-corrected chi connectivity index (χ2v) is 4.21. The van der Waals surface area contributed by atoms with Gasteiger partial charge in [-0.25, -0.2) is 0 Å². The van der Waals surface area contributed by atoms with E-state index in [4.69, 9.17) is 25.8 Å². The van der Waals surface area contributed by atoms with Crippen molar-refractivity contribution < 1.29 is 19.3 Å². The van der Waals surface area contributed by atoms with Crippen LogP contribution in [0.3, 0.4) is 0 Å². The first-order valence-electron chi connectivity index (χ1n) is 5.09. The molecule has 5 heteroatoms. The number of methoxy groups -OCH3 is 3. The summed E-state index contributed by atoms with van der Waals surface area (Å²) < 4.78 is 15.3. The molecule has 1 aromatic rings. The van der Waals surface area contributed by atoms with E-state index in [1.54, 1.807) is 25.1 Å². The minimum absolute atomic E-state index is 0.485. The molecular weight excluding hydrogens is 244 g/mol. The van der Waals surface area contributed by atoms with E-state index in [0.29, 0.717) is 16.3 Å². The Labute approximate surface area is 106 Å². The van der Waals surface area contributed by atoms with Crippen molar-refractivity contribution in [2.24, 2.45) is 0 Å². The molecule has 0 bridgehead atoms. The molecule has 0 aliphatic heterocycles. The third kappa shape index (κ3) is 2.90. The fourth-order valence-electron chi connectivity index (χ4n) is 1.67. The van der Waals surface area contributed by atoms with E-state index in [1.807, 2.05) is 0 Å². The lowest BCUT2D eigenvalue weighted by Gasteiger charge is -2.31. The van der Waals surface area contributed by atoms with Gasteiger partial charge in [0, 0.05) is 14.2 Å². The minimum Gasteiger partial charge on any atom is -0.495 e. The second kappa shape index (κ2) is 5.69. The van der Waals surface area contributed by atoms with Crippen molar-refractivity contribution in [2.75, 3.05) is 21.3 Å². The highest BCUT2D eigenvalue weighted by molar-refractivity contribution is 6.32. The van der Waals surface area contributed by atoms with Gasteiger partial charge in [0.2, 0.25) is 0 Å². The highest BCUT2D eigenvalue weighted by Gasteiger charge is 2.34. The SMILES string of the molecule is COc1cc(C(C)(O)C(OC)OC)ccc1Cl. The number of hydrogen-bond donors (Lipinski definition) is 1. The maximum atomic E-state index is 10.4. The van der Waals surface area contributed by atoms with Crippen molar-refractivity contribution in [2.45, 2.75) is 18.8 Å².